The van der Waals surface area contributed by atoms with Crippen molar-refractivity contribution in [3.05, 3.63) is 65.1 Å². The number of benzene rings is 2. The van der Waals surface area contributed by atoms with Gasteiger partial charge in [0.05, 0.1) is 11.2 Å². The third-order valence-electron chi connectivity index (χ3n) is 5.21. The Hall–Kier alpha value is -2.79. The average Bonchev–Trinajstić information content (AvgIpc) is 3.40. The summed E-state index contributed by atoms with van der Waals surface area (Å²) in [6.45, 7) is 4.24. The van der Waals surface area contributed by atoms with E-state index < -0.39 is 0 Å². The van der Waals surface area contributed by atoms with Gasteiger partial charge >= 0.3 is 0 Å². The maximum atomic E-state index is 12.4. The Bertz CT molecular complexity index is 1010. The standard InChI is InChI=1S/C23H24ClN3O2/c1-16-14-17(27-12-4-5-13-27)8-9-20(16)26-22(28)10-11-23-25-15-21(29-23)18-6-2-3-7-19(18)24/h2-3,6-9,14-15H,4-5,10-13H2,1H3,(H,26,28). The van der Waals surface area contributed by atoms with Gasteiger partial charge < -0.3 is 14.6 Å². The summed E-state index contributed by atoms with van der Waals surface area (Å²) in [6, 6.07) is 13.7. The van der Waals surface area contributed by atoms with Crippen molar-refractivity contribution in [2.75, 3.05) is 23.3 Å². The van der Waals surface area contributed by atoms with Crippen LogP contribution < -0.4 is 10.2 Å². The molecule has 1 saturated heterocycles. The number of hydrogen-bond acceptors (Lipinski definition) is 4. The number of aromatic nitrogens is 1. The first-order valence-electron chi connectivity index (χ1n) is 9.95. The molecule has 1 amide bonds. The quantitative estimate of drug-likeness (QED) is 0.586. The Kier molecular flexibility index (Phi) is 5.86. The van der Waals surface area contributed by atoms with Crippen molar-refractivity contribution in [1.29, 1.82) is 0 Å². The third kappa shape index (κ3) is 4.62. The van der Waals surface area contributed by atoms with Crippen LogP contribution in [0.1, 0.15) is 30.7 Å². The number of amides is 1. The smallest absolute Gasteiger partial charge is 0.224 e. The first-order valence-corrected chi connectivity index (χ1v) is 10.3. The summed E-state index contributed by atoms with van der Waals surface area (Å²) in [6.07, 6.45) is 4.87. The maximum Gasteiger partial charge on any atom is 0.224 e. The molecule has 6 heteroatoms. The average molecular weight is 410 g/mol. The van der Waals surface area contributed by atoms with Gasteiger partial charge in [-0.3, -0.25) is 4.79 Å². The summed E-state index contributed by atoms with van der Waals surface area (Å²) < 4.78 is 5.77. The molecule has 29 heavy (non-hydrogen) atoms. The fourth-order valence-corrected chi connectivity index (χ4v) is 3.83. The zero-order chi connectivity index (χ0) is 20.2. The number of hydrogen-bond donors (Lipinski definition) is 1. The molecule has 5 nitrogen and oxygen atoms in total. The Morgan fingerprint density at radius 1 is 1.21 bits per heavy atom. The lowest BCUT2D eigenvalue weighted by atomic mass is 10.1. The first-order chi connectivity index (χ1) is 14.1. The number of aryl methyl sites for hydroxylation is 2. The van der Waals surface area contributed by atoms with Crippen LogP contribution in [0.15, 0.2) is 53.1 Å². The molecular weight excluding hydrogens is 386 g/mol. The van der Waals surface area contributed by atoms with Gasteiger partial charge in [-0.1, -0.05) is 23.7 Å². The number of carbonyl (C=O) groups is 1. The molecule has 1 N–H and O–H groups in total. The van der Waals surface area contributed by atoms with Gasteiger partial charge in [-0.25, -0.2) is 4.98 Å². The highest BCUT2D eigenvalue weighted by molar-refractivity contribution is 6.33. The summed E-state index contributed by atoms with van der Waals surface area (Å²) in [5.74, 6) is 1.08. The molecule has 0 unspecified atom stereocenters. The zero-order valence-corrected chi connectivity index (χ0v) is 17.2. The largest absolute Gasteiger partial charge is 0.441 e. The van der Waals surface area contributed by atoms with Gasteiger partial charge in [0, 0.05) is 42.9 Å². The Labute approximate surface area is 175 Å². The van der Waals surface area contributed by atoms with Gasteiger partial charge in [-0.2, -0.15) is 0 Å². The Balaban J connectivity index is 1.34. The van der Waals surface area contributed by atoms with E-state index in [0.29, 0.717) is 29.5 Å². The first kappa shape index (κ1) is 19.5. The molecule has 0 saturated carbocycles. The lowest BCUT2D eigenvalue weighted by molar-refractivity contribution is -0.116. The number of nitrogens with one attached hydrogen (secondary N) is 1. The van der Waals surface area contributed by atoms with Crippen molar-refractivity contribution in [2.45, 2.75) is 32.6 Å². The van der Waals surface area contributed by atoms with Crippen LogP contribution in [-0.4, -0.2) is 24.0 Å². The van der Waals surface area contributed by atoms with E-state index in [1.807, 2.05) is 37.3 Å². The monoisotopic (exact) mass is 409 g/mol. The summed E-state index contributed by atoms with van der Waals surface area (Å²) in [5.41, 5.74) is 3.94. The van der Waals surface area contributed by atoms with E-state index >= 15 is 0 Å². The molecule has 2 heterocycles. The van der Waals surface area contributed by atoms with E-state index in [1.54, 1.807) is 6.20 Å². The summed E-state index contributed by atoms with van der Waals surface area (Å²) in [4.78, 5) is 19.1. The van der Waals surface area contributed by atoms with E-state index in [9.17, 15) is 4.79 Å². The molecule has 1 aliphatic heterocycles. The minimum Gasteiger partial charge on any atom is -0.441 e. The van der Waals surface area contributed by atoms with Crippen molar-refractivity contribution in [2.24, 2.45) is 0 Å². The van der Waals surface area contributed by atoms with Crippen LogP contribution in [0.2, 0.25) is 5.02 Å². The second kappa shape index (κ2) is 8.70. The van der Waals surface area contributed by atoms with Crippen molar-refractivity contribution in [3.63, 3.8) is 0 Å². The Morgan fingerprint density at radius 2 is 2.00 bits per heavy atom. The Morgan fingerprint density at radius 3 is 2.76 bits per heavy atom. The van der Waals surface area contributed by atoms with E-state index in [1.165, 1.54) is 18.5 Å². The minimum atomic E-state index is -0.0560. The highest BCUT2D eigenvalue weighted by Gasteiger charge is 2.14. The van der Waals surface area contributed by atoms with Gasteiger partial charge in [0.25, 0.3) is 0 Å². The fourth-order valence-electron chi connectivity index (χ4n) is 3.60. The molecular formula is C23H24ClN3O2. The third-order valence-corrected chi connectivity index (χ3v) is 5.54. The van der Waals surface area contributed by atoms with Gasteiger partial charge in [0.2, 0.25) is 5.91 Å². The molecule has 4 rings (SSSR count). The molecule has 1 aromatic heterocycles. The van der Waals surface area contributed by atoms with E-state index in [2.05, 4.69) is 27.3 Å². The normalized spacial score (nSPS) is 13.7. The van der Waals surface area contributed by atoms with Gasteiger partial charge in [-0.15, -0.1) is 0 Å². The van der Waals surface area contributed by atoms with Crippen LogP contribution >= 0.6 is 11.6 Å². The van der Waals surface area contributed by atoms with Crippen molar-refractivity contribution >= 4 is 28.9 Å². The number of rotatable bonds is 6. The minimum absolute atomic E-state index is 0.0560. The van der Waals surface area contributed by atoms with Gasteiger partial charge in [0.1, 0.15) is 0 Å². The van der Waals surface area contributed by atoms with Crippen molar-refractivity contribution < 1.29 is 9.21 Å². The van der Waals surface area contributed by atoms with Crippen LogP contribution in [0.5, 0.6) is 0 Å². The molecule has 3 aromatic rings. The van der Waals surface area contributed by atoms with Gasteiger partial charge in [-0.05, 0) is 55.7 Å². The van der Waals surface area contributed by atoms with Crippen LogP contribution in [0, 0.1) is 6.92 Å². The second-order valence-electron chi connectivity index (χ2n) is 7.34. The fraction of sp³-hybridized carbons (Fsp3) is 0.304. The topological polar surface area (TPSA) is 58.4 Å². The molecule has 1 aliphatic rings. The number of halogens is 1. The summed E-state index contributed by atoms with van der Waals surface area (Å²) >= 11 is 6.20. The predicted octanol–water partition coefficient (Wildman–Crippen LogP) is 5.47. The van der Waals surface area contributed by atoms with Crippen LogP contribution in [-0.2, 0) is 11.2 Å². The molecule has 0 radical (unpaired) electrons. The SMILES string of the molecule is Cc1cc(N2CCCC2)ccc1NC(=O)CCc1ncc(-c2ccccc2Cl)o1. The van der Waals surface area contributed by atoms with E-state index in [4.69, 9.17) is 16.0 Å². The number of carbonyl (C=O) groups excluding carboxylic acids is 1. The lowest BCUT2D eigenvalue weighted by Crippen LogP contribution is -2.18. The molecule has 0 bridgehead atoms. The van der Waals surface area contributed by atoms with E-state index in [-0.39, 0.29) is 5.91 Å². The van der Waals surface area contributed by atoms with Crippen LogP contribution in [0.3, 0.4) is 0 Å². The molecule has 150 valence electrons. The van der Waals surface area contributed by atoms with Gasteiger partial charge in [0.15, 0.2) is 11.7 Å². The van der Waals surface area contributed by atoms with E-state index in [0.717, 1.165) is 29.9 Å². The van der Waals surface area contributed by atoms with Crippen LogP contribution in [0.4, 0.5) is 11.4 Å². The highest BCUT2D eigenvalue weighted by atomic mass is 35.5. The van der Waals surface area contributed by atoms with Crippen molar-refractivity contribution in [1.82, 2.24) is 4.98 Å². The number of anilines is 2. The molecule has 0 aliphatic carbocycles. The highest BCUT2D eigenvalue weighted by Crippen LogP contribution is 2.28. The molecule has 0 atom stereocenters. The molecule has 2 aromatic carbocycles. The number of oxazole rings is 1. The number of nitrogens with zero attached hydrogens (tertiary/aromatic N) is 2. The summed E-state index contributed by atoms with van der Waals surface area (Å²) in [5, 5.41) is 3.61. The second-order valence-corrected chi connectivity index (χ2v) is 7.75. The zero-order valence-electron chi connectivity index (χ0n) is 16.5. The molecule has 0 spiro atoms. The van der Waals surface area contributed by atoms with Crippen LogP contribution in [0.25, 0.3) is 11.3 Å². The molecule has 1 fully saturated rings. The lowest BCUT2D eigenvalue weighted by Gasteiger charge is -2.19. The maximum absolute atomic E-state index is 12.4. The van der Waals surface area contributed by atoms with Crippen molar-refractivity contribution in [3.8, 4) is 11.3 Å². The predicted molar refractivity (Wildman–Crippen MR) is 117 cm³/mol. The summed E-state index contributed by atoms with van der Waals surface area (Å²) in [7, 11) is 0.